The molecule has 1 aliphatic rings. The van der Waals surface area contributed by atoms with Crippen molar-refractivity contribution in [1.82, 2.24) is 10.2 Å². The van der Waals surface area contributed by atoms with E-state index in [0.717, 1.165) is 29.7 Å². The van der Waals surface area contributed by atoms with E-state index < -0.39 is 5.54 Å². The lowest BCUT2D eigenvalue weighted by atomic mass is 9.98. The van der Waals surface area contributed by atoms with Crippen LogP contribution in [0.3, 0.4) is 0 Å². The first-order valence-electron chi connectivity index (χ1n) is 8.52. The summed E-state index contributed by atoms with van der Waals surface area (Å²) in [5.41, 5.74) is 2.01. The molecule has 2 rings (SSSR count). The summed E-state index contributed by atoms with van der Waals surface area (Å²) in [7, 11) is 1.71. The van der Waals surface area contributed by atoms with Crippen LogP contribution in [-0.4, -0.2) is 42.4 Å². The summed E-state index contributed by atoms with van der Waals surface area (Å²) in [4.78, 5) is 26.0. The maximum absolute atomic E-state index is 12.2. The van der Waals surface area contributed by atoms with Gasteiger partial charge in [0.25, 0.3) is 0 Å². The van der Waals surface area contributed by atoms with Gasteiger partial charge in [-0.1, -0.05) is 18.2 Å². The van der Waals surface area contributed by atoms with Gasteiger partial charge in [0.2, 0.25) is 11.8 Å². The largest absolute Gasteiger partial charge is 0.337 e. The SMILES string of the molecule is Cc1cccc(C)c1NC(=O)CN(C)CC(=O)N[C@@](C)(C#N)C1CC1. The van der Waals surface area contributed by atoms with Gasteiger partial charge in [0.15, 0.2) is 0 Å². The van der Waals surface area contributed by atoms with Crippen LogP contribution in [0.1, 0.15) is 30.9 Å². The van der Waals surface area contributed by atoms with Gasteiger partial charge in [0, 0.05) is 5.69 Å². The number of benzene rings is 1. The van der Waals surface area contributed by atoms with Gasteiger partial charge >= 0.3 is 0 Å². The minimum atomic E-state index is -0.807. The lowest BCUT2D eigenvalue weighted by Gasteiger charge is -2.24. The standard InChI is InChI=1S/C19H26N4O2/c1-13-6-5-7-14(2)18(13)21-16(24)10-23(4)11-17(25)22-19(3,12-20)15-8-9-15/h5-7,15H,8-11H2,1-4H3,(H,21,24)(H,22,25)/t19-/m0/s1. The number of hydrogen-bond acceptors (Lipinski definition) is 4. The Hall–Kier alpha value is -2.39. The van der Waals surface area contributed by atoms with Gasteiger partial charge < -0.3 is 10.6 Å². The second-order valence-electron chi connectivity index (χ2n) is 7.12. The topological polar surface area (TPSA) is 85.2 Å². The van der Waals surface area contributed by atoms with Crippen LogP contribution in [0.2, 0.25) is 0 Å². The van der Waals surface area contributed by atoms with Crippen LogP contribution < -0.4 is 10.6 Å². The predicted molar refractivity (Wildman–Crippen MR) is 96.9 cm³/mol. The fourth-order valence-corrected chi connectivity index (χ4v) is 2.95. The zero-order valence-electron chi connectivity index (χ0n) is 15.3. The number of amides is 2. The van der Waals surface area contributed by atoms with Gasteiger partial charge in [-0.3, -0.25) is 14.5 Å². The first-order chi connectivity index (χ1) is 11.7. The normalized spacial score (nSPS) is 16.0. The fraction of sp³-hybridized carbons (Fsp3) is 0.526. The van der Waals surface area contributed by atoms with E-state index in [2.05, 4.69) is 16.7 Å². The molecule has 0 aromatic heterocycles. The van der Waals surface area contributed by atoms with Crippen molar-refractivity contribution in [3.05, 3.63) is 29.3 Å². The van der Waals surface area contributed by atoms with Crippen LogP contribution in [0.4, 0.5) is 5.69 Å². The molecule has 2 N–H and O–H groups in total. The van der Waals surface area contributed by atoms with Crippen LogP contribution in [0.15, 0.2) is 18.2 Å². The second kappa shape index (κ2) is 7.66. The summed E-state index contributed by atoms with van der Waals surface area (Å²) < 4.78 is 0. The molecule has 6 nitrogen and oxygen atoms in total. The van der Waals surface area contributed by atoms with Crippen LogP contribution in [0.5, 0.6) is 0 Å². The molecule has 0 heterocycles. The summed E-state index contributed by atoms with van der Waals surface area (Å²) >= 11 is 0. The molecule has 0 spiro atoms. The van der Waals surface area contributed by atoms with Crippen LogP contribution in [0, 0.1) is 31.1 Å². The quantitative estimate of drug-likeness (QED) is 0.793. The number of anilines is 1. The lowest BCUT2D eigenvalue weighted by molar-refractivity contribution is -0.124. The van der Waals surface area contributed by atoms with Gasteiger partial charge in [-0.15, -0.1) is 0 Å². The molecule has 0 aliphatic heterocycles. The molecule has 0 saturated heterocycles. The number of para-hydroxylation sites is 1. The van der Waals surface area contributed by atoms with Gasteiger partial charge in [-0.2, -0.15) is 5.26 Å². The highest BCUT2D eigenvalue weighted by atomic mass is 16.2. The van der Waals surface area contributed by atoms with E-state index in [1.165, 1.54) is 0 Å². The van der Waals surface area contributed by atoms with E-state index in [1.54, 1.807) is 18.9 Å². The minimum absolute atomic E-state index is 0.0736. The van der Waals surface area contributed by atoms with Crippen molar-refractivity contribution in [3.63, 3.8) is 0 Å². The van der Waals surface area contributed by atoms with Gasteiger partial charge in [-0.05, 0) is 57.7 Å². The number of carbonyl (C=O) groups excluding carboxylic acids is 2. The maximum atomic E-state index is 12.2. The average Bonchev–Trinajstić information content (AvgIpc) is 3.35. The van der Waals surface area contributed by atoms with Crippen molar-refractivity contribution in [2.75, 3.05) is 25.5 Å². The molecule has 134 valence electrons. The van der Waals surface area contributed by atoms with E-state index in [0.29, 0.717) is 0 Å². The van der Waals surface area contributed by atoms with Crippen LogP contribution in [0.25, 0.3) is 0 Å². The third-order valence-electron chi connectivity index (χ3n) is 4.60. The number of nitrogens with one attached hydrogen (secondary N) is 2. The Balaban J connectivity index is 1.85. The number of rotatable bonds is 7. The van der Waals surface area contributed by atoms with Crippen LogP contribution in [-0.2, 0) is 9.59 Å². The van der Waals surface area contributed by atoms with E-state index in [-0.39, 0.29) is 30.8 Å². The van der Waals surface area contributed by atoms with E-state index in [9.17, 15) is 14.9 Å². The summed E-state index contributed by atoms with van der Waals surface area (Å²) in [6.07, 6.45) is 1.94. The molecule has 1 atom stereocenters. The predicted octanol–water partition coefficient (Wildman–Crippen LogP) is 1.98. The Bertz CT molecular complexity index is 686. The number of aryl methyl sites for hydroxylation is 2. The zero-order chi connectivity index (χ0) is 18.6. The number of nitrogens with zero attached hydrogens (tertiary/aromatic N) is 2. The molecule has 1 aromatic rings. The van der Waals surface area contributed by atoms with Crippen LogP contribution >= 0.6 is 0 Å². The molecular formula is C19H26N4O2. The average molecular weight is 342 g/mol. The van der Waals surface area contributed by atoms with Crippen molar-refractivity contribution in [3.8, 4) is 6.07 Å². The Kier molecular flexibility index (Phi) is 5.81. The molecule has 1 aromatic carbocycles. The number of carbonyl (C=O) groups is 2. The van der Waals surface area contributed by atoms with Crippen molar-refractivity contribution in [1.29, 1.82) is 5.26 Å². The van der Waals surface area contributed by atoms with Gasteiger partial charge in [0.05, 0.1) is 19.2 Å². The van der Waals surface area contributed by atoms with E-state index >= 15 is 0 Å². The monoisotopic (exact) mass is 342 g/mol. The number of hydrogen-bond donors (Lipinski definition) is 2. The highest BCUT2D eigenvalue weighted by Crippen LogP contribution is 2.39. The van der Waals surface area contributed by atoms with E-state index in [4.69, 9.17) is 0 Å². The fourth-order valence-electron chi connectivity index (χ4n) is 2.95. The molecule has 25 heavy (non-hydrogen) atoms. The van der Waals surface area contributed by atoms with Crippen molar-refractivity contribution < 1.29 is 9.59 Å². The highest BCUT2D eigenvalue weighted by Gasteiger charge is 2.43. The van der Waals surface area contributed by atoms with Crippen molar-refractivity contribution in [2.24, 2.45) is 5.92 Å². The van der Waals surface area contributed by atoms with Crippen molar-refractivity contribution in [2.45, 2.75) is 39.2 Å². The molecule has 0 unspecified atom stereocenters. The lowest BCUT2D eigenvalue weighted by Crippen LogP contribution is -2.50. The Morgan fingerprint density at radius 1 is 1.24 bits per heavy atom. The third kappa shape index (κ3) is 5.04. The Morgan fingerprint density at radius 3 is 2.32 bits per heavy atom. The maximum Gasteiger partial charge on any atom is 0.238 e. The molecule has 1 aliphatic carbocycles. The summed E-state index contributed by atoms with van der Waals surface area (Å²) in [5.74, 6) is -0.171. The number of nitriles is 1. The molecule has 0 radical (unpaired) electrons. The van der Waals surface area contributed by atoms with E-state index in [1.807, 2.05) is 32.0 Å². The molecular weight excluding hydrogens is 316 g/mol. The Morgan fingerprint density at radius 2 is 1.80 bits per heavy atom. The molecule has 6 heteroatoms. The zero-order valence-corrected chi connectivity index (χ0v) is 15.3. The minimum Gasteiger partial charge on any atom is -0.337 e. The summed E-state index contributed by atoms with van der Waals surface area (Å²) in [6, 6.07) is 8.04. The molecule has 0 bridgehead atoms. The Labute approximate surface area is 149 Å². The smallest absolute Gasteiger partial charge is 0.238 e. The first-order valence-corrected chi connectivity index (χ1v) is 8.52. The van der Waals surface area contributed by atoms with Gasteiger partial charge in [0.1, 0.15) is 5.54 Å². The summed E-state index contributed by atoms with van der Waals surface area (Å²) in [5, 5.41) is 15.0. The van der Waals surface area contributed by atoms with Gasteiger partial charge in [-0.25, -0.2) is 0 Å². The molecule has 1 saturated carbocycles. The highest BCUT2D eigenvalue weighted by molar-refractivity contribution is 5.94. The molecule has 1 fully saturated rings. The first kappa shape index (κ1) is 18.9. The van der Waals surface area contributed by atoms with Crippen molar-refractivity contribution >= 4 is 17.5 Å². The number of likely N-dealkylation sites (N-methyl/N-ethyl adjacent to an activating group) is 1. The second-order valence-corrected chi connectivity index (χ2v) is 7.12. The summed E-state index contributed by atoms with van der Waals surface area (Å²) in [6.45, 7) is 5.83. The molecule has 2 amide bonds. The third-order valence-corrected chi connectivity index (χ3v) is 4.60.